The lowest BCUT2D eigenvalue weighted by atomic mass is 9.92. The van der Waals surface area contributed by atoms with Crippen LogP contribution in [0.2, 0.25) is 0 Å². The molecular weight excluding hydrogens is 575 g/mol. The van der Waals surface area contributed by atoms with E-state index in [1.807, 2.05) is 13.8 Å². The van der Waals surface area contributed by atoms with Crippen LogP contribution in [0, 0.1) is 37.5 Å². The summed E-state index contributed by atoms with van der Waals surface area (Å²) in [5.74, 6) is -6.26. The van der Waals surface area contributed by atoms with Crippen LogP contribution in [0.3, 0.4) is 0 Å². The largest absolute Gasteiger partial charge is 0.703 e. The minimum absolute atomic E-state index is 0.0882. The molecule has 0 saturated carbocycles. The van der Waals surface area contributed by atoms with E-state index in [1.54, 1.807) is 79.7 Å². The molecule has 0 aliphatic rings. The highest BCUT2D eigenvalue weighted by Crippen LogP contribution is 2.49. The van der Waals surface area contributed by atoms with Crippen molar-refractivity contribution >= 4 is 28.5 Å². The Morgan fingerprint density at radius 3 is 1.02 bits per heavy atom. The Balaban J connectivity index is 2.49. The molecule has 0 atom stereocenters. The molecule has 0 bridgehead atoms. The van der Waals surface area contributed by atoms with Gasteiger partial charge in [0.15, 0.2) is 0 Å². The van der Waals surface area contributed by atoms with Crippen molar-refractivity contribution in [2.24, 2.45) is 23.7 Å². The molecule has 2 aromatic carbocycles. The van der Waals surface area contributed by atoms with Crippen molar-refractivity contribution < 1.29 is 38.8 Å². The smallest absolute Gasteiger partial charge is 0.226 e. The van der Waals surface area contributed by atoms with E-state index >= 15 is 0 Å². The Morgan fingerprint density at radius 1 is 0.550 bits per heavy atom. The Morgan fingerprint density at radius 2 is 0.800 bits per heavy atom. The van der Waals surface area contributed by atoms with Crippen LogP contribution in [0.15, 0.2) is 58.3 Å². The van der Waals surface area contributed by atoms with Gasteiger partial charge in [0.1, 0.15) is 0 Å². The van der Waals surface area contributed by atoms with Gasteiger partial charge in [0, 0.05) is 28.2 Å². The van der Waals surface area contributed by atoms with Crippen LogP contribution < -0.4 is 0 Å². The topological polar surface area (TPSA) is 122 Å². The summed E-state index contributed by atoms with van der Waals surface area (Å²) in [6.45, 7) is 17.0. The lowest BCUT2D eigenvalue weighted by Gasteiger charge is -2.36. The molecule has 0 amide bonds. The van der Waals surface area contributed by atoms with E-state index in [1.165, 1.54) is 24.3 Å². The van der Waals surface area contributed by atoms with E-state index in [0.29, 0.717) is 0 Å². The van der Waals surface area contributed by atoms with Crippen LogP contribution in [0.5, 0.6) is 0 Å². The third kappa shape index (κ3) is 7.76. The second-order valence-electron chi connectivity index (χ2n) is 11.2. The average Bonchev–Trinajstić information content (AvgIpc) is 2.82. The highest BCUT2D eigenvalue weighted by Gasteiger charge is 2.57. The molecule has 12 heteroatoms. The zero-order chi connectivity index (χ0) is 30.7. The van der Waals surface area contributed by atoms with Crippen LogP contribution in [0.25, 0.3) is 0 Å². The number of hydrogen-bond donors (Lipinski definition) is 0. The Hall–Kier alpha value is -1.72. The highest BCUT2D eigenvalue weighted by molar-refractivity contribution is 7.87. The quantitative estimate of drug-likeness (QED) is 0.124. The fourth-order valence-electron chi connectivity index (χ4n) is 4.27. The lowest BCUT2D eigenvalue weighted by Crippen LogP contribution is -2.49. The van der Waals surface area contributed by atoms with Gasteiger partial charge in [-0.05, 0) is 38.1 Å². The summed E-state index contributed by atoms with van der Waals surface area (Å²) in [5.41, 5.74) is 1.73. The first-order valence-corrected chi connectivity index (χ1v) is 17.1. The Kier molecular flexibility index (Phi) is 11.3. The molecule has 2 rings (SSSR count). The molecule has 0 radical (unpaired) electrons. The molecule has 0 unspecified atom stereocenters. The molecule has 224 valence electrons. The first-order chi connectivity index (χ1) is 18.3. The second-order valence-corrected chi connectivity index (χ2v) is 15.1. The van der Waals surface area contributed by atoms with E-state index in [4.69, 9.17) is 17.4 Å². The molecule has 0 aromatic heterocycles. The molecule has 0 aliphatic heterocycles. The van der Waals surface area contributed by atoms with Gasteiger partial charge in [-0.3, -0.25) is 0 Å². The van der Waals surface area contributed by atoms with Gasteiger partial charge in [-0.15, -0.1) is 0 Å². The maximum Gasteiger partial charge on any atom is 0.703 e. The second kappa shape index (κ2) is 13.1. The first kappa shape index (κ1) is 34.5. The highest BCUT2D eigenvalue weighted by atomic mass is 32.2. The first-order valence-electron chi connectivity index (χ1n) is 13.2. The normalized spacial score (nSPS) is 13.6. The fourth-order valence-corrected chi connectivity index (χ4v) is 8.45. The van der Waals surface area contributed by atoms with Crippen molar-refractivity contribution in [3.8, 4) is 0 Å². The molecule has 40 heavy (non-hydrogen) atoms. The van der Waals surface area contributed by atoms with Gasteiger partial charge in [0.2, 0.25) is 11.6 Å². The number of hydrogen-bond acceptors (Lipinski definition) is 9. The maximum atomic E-state index is 13.6. The molecule has 0 saturated heterocycles. The van der Waals surface area contributed by atoms with Crippen LogP contribution in [0.4, 0.5) is 0 Å². The predicted octanol–water partition coefficient (Wildman–Crippen LogP) is 7.12. The summed E-state index contributed by atoms with van der Waals surface area (Å²) in [5, 5.41) is 0. The minimum Gasteiger partial charge on any atom is -0.226 e. The van der Waals surface area contributed by atoms with Crippen molar-refractivity contribution in [1.82, 2.24) is 0 Å². The van der Waals surface area contributed by atoms with Crippen molar-refractivity contribution in [3.05, 3.63) is 59.7 Å². The molecule has 9 nitrogen and oxygen atoms in total. The third-order valence-corrected chi connectivity index (χ3v) is 10.3. The predicted molar refractivity (Wildman–Crippen MR) is 153 cm³/mol. The van der Waals surface area contributed by atoms with Gasteiger partial charge in [-0.2, -0.15) is 16.8 Å². The molecule has 0 heterocycles. The summed E-state index contributed by atoms with van der Waals surface area (Å²) in [6, 6.07) is 12.2. The summed E-state index contributed by atoms with van der Waals surface area (Å²) in [6.07, 6.45) is 0. The fraction of sp³-hybridized carbons (Fsp3) is 0.571. The van der Waals surface area contributed by atoms with Crippen LogP contribution in [-0.4, -0.2) is 28.4 Å². The van der Waals surface area contributed by atoms with Gasteiger partial charge in [0.05, 0.1) is 9.79 Å². The molecule has 0 fully saturated rings. The number of rotatable bonds is 14. The van der Waals surface area contributed by atoms with Crippen LogP contribution in [0.1, 0.15) is 66.5 Å². The average molecular weight is 618 g/mol. The van der Waals surface area contributed by atoms with E-state index in [-0.39, 0.29) is 9.79 Å². The van der Waals surface area contributed by atoms with Crippen molar-refractivity contribution in [3.63, 3.8) is 0 Å². The molecule has 2 aromatic rings. The summed E-state index contributed by atoms with van der Waals surface area (Å²) >= 11 is 0. The van der Waals surface area contributed by atoms with Crippen molar-refractivity contribution in [1.29, 1.82) is 0 Å². The Bertz CT molecular complexity index is 1240. The van der Waals surface area contributed by atoms with Crippen LogP contribution in [-0.2, 0) is 42.2 Å². The van der Waals surface area contributed by atoms with E-state index in [0.717, 1.165) is 11.1 Å². The third-order valence-electron chi connectivity index (χ3n) is 6.75. The zero-order valence-corrected chi connectivity index (χ0v) is 27.4. The molecular formula is C28H42O9PS2+. The summed E-state index contributed by atoms with van der Waals surface area (Å²) in [7, 11) is -11.9. The van der Waals surface area contributed by atoms with Crippen molar-refractivity contribution in [2.45, 2.75) is 90.6 Å². The summed E-state index contributed by atoms with van der Waals surface area (Å²) in [4.78, 5) is -0.176. The van der Waals surface area contributed by atoms with Gasteiger partial charge in [0.25, 0.3) is 20.2 Å². The standard InChI is InChI=1S/C28H42O9PS2/c1-19(2)27(20(3)4,36-39(30,31)25-15-11-23(9)12-16-25)34-38(29)35-28(21(5)6,22(7)8)37-40(32,33)26-17-13-24(10)14-18-26/h11-22H,1-10H3/q+1. The van der Waals surface area contributed by atoms with Gasteiger partial charge < -0.3 is 0 Å². The summed E-state index contributed by atoms with van der Waals surface area (Å²) < 4.78 is 89.8. The van der Waals surface area contributed by atoms with Gasteiger partial charge >= 0.3 is 8.25 Å². The van der Waals surface area contributed by atoms with Crippen LogP contribution >= 0.6 is 8.25 Å². The van der Waals surface area contributed by atoms with E-state index < -0.39 is 63.7 Å². The van der Waals surface area contributed by atoms with Gasteiger partial charge in [-0.1, -0.05) is 99.8 Å². The van der Waals surface area contributed by atoms with Crippen molar-refractivity contribution in [2.75, 3.05) is 0 Å². The molecule has 0 aliphatic carbocycles. The minimum atomic E-state index is -4.35. The number of benzene rings is 2. The maximum absolute atomic E-state index is 13.6. The molecule has 0 N–H and O–H groups in total. The monoisotopic (exact) mass is 617 g/mol. The number of aryl methyl sites for hydroxylation is 2. The molecule has 0 spiro atoms. The van der Waals surface area contributed by atoms with E-state index in [9.17, 15) is 21.4 Å². The van der Waals surface area contributed by atoms with Gasteiger partial charge in [-0.25, -0.2) is 8.37 Å². The Labute approximate surface area is 240 Å². The zero-order valence-electron chi connectivity index (χ0n) is 24.9. The SMILES string of the molecule is Cc1ccc(S(=O)(=O)OC(O[P+](=O)OC(OS(=O)(=O)c2ccc(C)cc2)(C(C)C)C(C)C)(C(C)C)C(C)C)cc1. The van der Waals surface area contributed by atoms with E-state index in [2.05, 4.69) is 0 Å². The lowest BCUT2D eigenvalue weighted by molar-refractivity contribution is -0.208.